The van der Waals surface area contributed by atoms with Crippen molar-refractivity contribution in [3.63, 3.8) is 0 Å². The van der Waals surface area contributed by atoms with E-state index in [1.807, 2.05) is 0 Å². The highest BCUT2D eigenvalue weighted by atomic mass is 32.2. The molecule has 0 bridgehead atoms. The topological polar surface area (TPSA) is 114 Å². The van der Waals surface area contributed by atoms with E-state index in [0.29, 0.717) is 36.8 Å². The molecule has 0 aliphatic rings. The molecule has 0 radical (unpaired) electrons. The first-order valence-corrected chi connectivity index (χ1v) is 12.2. The number of carbonyl (C=O) groups is 2. The number of nitrogens with one attached hydrogen (secondary N) is 2. The SMILES string of the molecule is CCOc1ccc(S(=O)(=O)N(CC)CC)cc1NC(=O)CCNC(=O)c1ccccc1OC. The van der Waals surface area contributed by atoms with Gasteiger partial charge >= 0.3 is 0 Å². The maximum absolute atomic E-state index is 12.9. The van der Waals surface area contributed by atoms with Crippen molar-refractivity contribution in [2.45, 2.75) is 32.1 Å². The van der Waals surface area contributed by atoms with E-state index in [9.17, 15) is 18.0 Å². The van der Waals surface area contributed by atoms with Crippen LogP contribution >= 0.6 is 0 Å². The van der Waals surface area contributed by atoms with Crippen molar-refractivity contribution in [1.82, 2.24) is 9.62 Å². The summed E-state index contributed by atoms with van der Waals surface area (Å²) in [4.78, 5) is 24.9. The molecule has 0 fully saturated rings. The zero-order valence-corrected chi connectivity index (χ0v) is 20.2. The van der Waals surface area contributed by atoms with Gasteiger partial charge in [-0.15, -0.1) is 0 Å². The predicted octanol–water partition coefficient (Wildman–Crippen LogP) is 2.88. The lowest BCUT2D eigenvalue weighted by molar-refractivity contribution is -0.116. The minimum atomic E-state index is -3.70. The van der Waals surface area contributed by atoms with E-state index in [0.717, 1.165) is 0 Å². The Morgan fingerprint density at radius 1 is 1.00 bits per heavy atom. The smallest absolute Gasteiger partial charge is 0.255 e. The lowest BCUT2D eigenvalue weighted by atomic mass is 10.2. The summed E-state index contributed by atoms with van der Waals surface area (Å²) in [5, 5.41) is 5.38. The van der Waals surface area contributed by atoms with Crippen LogP contribution in [0.1, 0.15) is 37.6 Å². The van der Waals surface area contributed by atoms with Crippen LogP contribution in [0.5, 0.6) is 11.5 Å². The molecule has 2 amide bonds. The van der Waals surface area contributed by atoms with Crippen LogP contribution in [0.3, 0.4) is 0 Å². The first kappa shape index (κ1) is 26.1. The summed E-state index contributed by atoms with van der Waals surface area (Å²) in [7, 11) is -2.22. The number of benzene rings is 2. The van der Waals surface area contributed by atoms with E-state index in [1.54, 1.807) is 45.0 Å². The number of hydrogen-bond donors (Lipinski definition) is 2. The van der Waals surface area contributed by atoms with Crippen LogP contribution in [-0.4, -0.2) is 57.9 Å². The van der Waals surface area contributed by atoms with Crippen molar-refractivity contribution in [1.29, 1.82) is 0 Å². The number of amides is 2. The van der Waals surface area contributed by atoms with Gasteiger partial charge in [-0.1, -0.05) is 26.0 Å². The van der Waals surface area contributed by atoms with Crippen molar-refractivity contribution in [2.75, 3.05) is 38.7 Å². The molecule has 2 rings (SSSR count). The number of sulfonamides is 1. The number of hydrogen-bond acceptors (Lipinski definition) is 6. The number of nitrogens with zero attached hydrogens (tertiary/aromatic N) is 1. The highest BCUT2D eigenvalue weighted by molar-refractivity contribution is 7.89. The van der Waals surface area contributed by atoms with Gasteiger partial charge in [-0.2, -0.15) is 4.31 Å². The molecule has 2 aromatic carbocycles. The molecular formula is C23H31N3O6S. The Labute approximate surface area is 195 Å². The minimum Gasteiger partial charge on any atom is -0.496 e. The average molecular weight is 478 g/mol. The largest absolute Gasteiger partial charge is 0.496 e. The van der Waals surface area contributed by atoms with Crippen LogP contribution < -0.4 is 20.1 Å². The van der Waals surface area contributed by atoms with E-state index in [-0.39, 0.29) is 29.5 Å². The molecule has 0 aliphatic carbocycles. The fourth-order valence-electron chi connectivity index (χ4n) is 3.19. The third-order valence-corrected chi connectivity index (χ3v) is 6.90. The summed E-state index contributed by atoms with van der Waals surface area (Å²) >= 11 is 0. The summed E-state index contributed by atoms with van der Waals surface area (Å²) in [5.41, 5.74) is 0.625. The zero-order valence-electron chi connectivity index (χ0n) is 19.4. The fraction of sp³-hybridized carbons (Fsp3) is 0.391. The maximum atomic E-state index is 12.9. The molecular weight excluding hydrogens is 446 g/mol. The second-order valence-corrected chi connectivity index (χ2v) is 8.87. The van der Waals surface area contributed by atoms with E-state index >= 15 is 0 Å². The number of methoxy groups -OCH3 is 1. The van der Waals surface area contributed by atoms with Gasteiger partial charge in [0.25, 0.3) is 5.91 Å². The van der Waals surface area contributed by atoms with Crippen LogP contribution in [0.25, 0.3) is 0 Å². The van der Waals surface area contributed by atoms with Crippen molar-refractivity contribution in [3.8, 4) is 11.5 Å². The minimum absolute atomic E-state index is 0.0144. The molecule has 0 aliphatic heterocycles. The third-order valence-electron chi connectivity index (χ3n) is 4.86. The maximum Gasteiger partial charge on any atom is 0.255 e. The Balaban J connectivity index is 2.10. The summed E-state index contributed by atoms with van der Waals surface area (Å²) in [6.07, 6.45) is -0.0144. The van der Waals surface area contributed by atoms with Crippen LogP contribution in [-0.2, 0) is 14.8 Å². The number of ether oxygens (including phenoxy) is 2. The molecule has 0 unspecified atom stereocenters. The third kappa shape index (κ3) is 6.69. The van der Waals surface area contributed by atoms with Crippen molar-refractivity contribution >= 4 is 27.5 Å². The molecule has 0 saturated carbocycles. The Hall–Kier alpha value is -3.11. The first-order valence-electron chi connectivity index (χ1n) is 10.8. The monoisotopic (exact) mass is 477 g/mol. The van der Waals surface area contributed by atoms with Crippen LogP contribution in [0.15, 0.2) is 47.4 Å². The second kappa shape index (κ2) is 12.2. The van der Waals surface area contributed by atoms with E-state index < -0.39 is 15.9 Å². The van der Waals surface area contributed by atoms with Gasteiger partial charge in [0.05, 0.1) is 29.9 Å². The molecule has 0 atom stereocenters. The molecule has 10 heteroatoms. The number of rotatable bonds is 12. The van der Waals surface area contributed by atoms with Crippen molar-refractivity contribution < 1.29 is 27.5 Å². The second-order valence-electron chi connectivity index (χ2n) is 6.93. The highest BCUT2D eigenvalue weighted by Gasteiger charge is 2.23. The Morgan fingerprint density at radius 3 is 2.33 bits per heavy atom. The van der Waals surface area contributed by atoms with E-state index in [1.165, 1.54) is 29.6 Å². The van der Waals surface area contributed by atoms with E-state index in [2.05, 4.69) is 10.6 Å². The van der Waals surface area contributed by atoms with Gasteiger partial charge in [-0.05, 0) is 37.3 Å². The van der Waals surface area contributed by atoms with Gasteiger partial charge in [0.2, 0.25) is 15.9 Å². The van der Waals surface area contributed by atoms with Gasteiger partial charge in [-0.25, -0.2) is 8.42 Å². The molecule has 0 aromatic heterocycles. The Morgan fingerprint density at radius 2 is 1.70 bits per heavy atom. The van der Waals surface area contributed by atoms with Crippen LogP contribution in [0.4, 0.5) is 5.69 Å². The van der Waals surface area contributed by atoms with Gasteiger partial charge < -0.3 is 20.1 Å². The van der Waals surface area contributed by atoms with Crippen molar-refractivity contribution in [2.24, 2.45) is 0 Å². The van der Waals surface area contributed by atoms with Crippen molar-refractivity contribution in [3.05, 3.63) is 48.0 Å². The number of anilines is 1. The summed E-state index contributed by atoms with van der Waals surface area (Å²) < 4.78 is 37.7. The molecule has 9 nitrogen and oxygen atoms in total. The average Bonchev–Trinajstić information content (AvgIpc) is 2.80. The lowest BCUT2D eigenvalue weighted by Crippen LogP contribution is -2.30. The summed E-state index contributed by atoms with van der Waals surface area (Å²) in [6, 6.07) is 11.2. The normalized spacial score (nSPS) is 11.2. The van der Waals surface area contributed by atoms with Gasteiger partial charge in [0.1, 0.15) is 11.5 Å². The van der Waals surface area contributed by atoms with Gasteiger partial charge in [-0.3, -0.25) is 9.59 Å². The molecule has 0 heterocycles. The first-order chi connectivity index (χ1) is 15.8. The summed E-state index contributed by atoms with van der Waals surface area (Å²) in [6.45, 7) is 6.41. The molecule has 33 heavy (non-hydrogen) atoms. The number of carbonyl (C=O) groups excluding carboxylic acids is 2. The molecule has 0 spiro atoms. The van der Waals surface area contributed by atoms with Crippen LogP contribution in [0, 0.1) is 0 Å². The number of para-hydroxylation sites is 1. The molecule has 2 N–H and O–H groups in total. The molecule has 180 valence electrons. The summed E-state index contributed by atoms with van der Waals surface area (Å²) in [5.74, 6) is 0.0469. The van der Waals surface area contributed by atoms with Crippen LogP contribution in [0.2, 0.25) is 0 Å². The lowest BCUT2D eigenvalue weighted by Gasteiger charge is -2.20. The molecule has 0 saturated heterocycles. The fourth-order valence-corrected chi connectivity index (χ4v) is 4.68. The highest BCUT2D eigenvalue weighted by Crippen LogP contribution is 2.29. The van der Waals surface area contributed by atoms with E-state index in [4.69, 9.17) is 9.47 Å². The Kier molecular flexibility index (Phi) is 9.68. The van der Waals surface area contributed by atoms with Gasteiger partial charge in [0.15, 0.2) is 0 Å². The van der Waals surface area contributed by atoms with Gasteiger partial charge in [0, 0.05) is 26.1 Å². The standard InChI is InChI=1S/C23H31N3O6S/c1-5-26(6-2)33(29,30)17-12-13-21(32-7-3)19(16-17)25-22(27)14-15-24-23(28)18-10-8-9-11-20(18)31-4/h8-13,16H,5-7,14-15H2,1-4H3,(H,24,28)(H,25,27). The molecule has 2 aromatic rings. The predicted molar refractivity (Wildman–Crippen MR) is 126 cm³/mol. The Bertz CT molecular complexity index is 1070. The zero-order chi connectivity index (χ0) is 24.4. The quantitative estimate of drug-likeness (QED) is 0.486.